The molecular formula is C6H7BrF4O2. The van der Waals surface area contributed by atoms with Crippen LogP contribution in [0.4, 0.5) is 17.6 Å². The van der Waals surface area contributed by atoms with Crippen LogP contribution in [0, 0.1) is 0 Å². The lowest BCUT2D eigenvalue weighted by Crippen LogP contribution is -2.35. The van der Waals surface area contributed by atoms with E-state index >= 15 is 0 Å². The number of methoxy groups -OCH3 is 1. The molecule has 0 bridgehead atoms. The fourth-order valence-corrected chi connectivity index (χ4v) is 0.701. The molecule has 0 aliphatic heterocycles. The Kier molecular flexibility index (Phi) is 4.15. The zero-order chi connectivity index (χ0) is 10.7. The molecule has 0 aliphatic carbocycles. The molecule has 0 aromatic carbocycles. The van der Waals surface area contributed by atoms with E-state index in [-0.39, 0.29) is 0 Å². The van der Waals surface area contributed by atoms with Crippen LogP contribution in [0.3, 0.4) is 0 Å². The third-order valence-electron chi connectivity index (χ3n) is 1.29. The second-order valence-electron chi connectivity index (χ2n) is 2.28. The summed E-state index contributed by atoms with van der Waals surface area (Å²) in [7, 11) is 0.993. The molecule has 0 radical (unpaired) electrons. The van der Waals surface area contributed by atoms with Crippen molar-refractivity contribution >= 4 is 21.9 Å². The van der Waals surface area contributed by atoms with E-state index in [4.69, 9.17) is 0 Å². The molecular weight excluding hydrogens is 260 g/mol. The second-order valence-corrected chi connectivity index (χ2v) is 3.27. The van der Waals surface area contributed by atoms with Gasteiger partial charge < -0.3 is 4.74 Å². The van der Waals surface area contributed by atoms with Crippen LogP contribution in [0.1, 0.15) is 12.8 Å². The smallest absolute Gasteiger partial charge is 0.363 e. The van der Waals surface area contributed by atoms with E-state index in [2.05, 4.69) is 4.74 Å². The van der Waals surface area contributed by atoms with Gasteiger partial charge in [-0.3, -0.25) is 4.79 Å². The Hall–Kier alpha value is -0.330. The highest BCUT2D eigenvalue weighted by atomic mass is 79.9. The van der Waals surface area contributed by atoms with Gasteiger partial charge in [0.15, 0.2) is 0 Å². The highest BCUT2D eigenvalue weighted by molar-refractivity contribution is 9.10. The maximum atomic E-state index is 12.4. The summed E-state index contributed by atoms with van der Waals surface area (Å²) in [4.78, 5) is 6.07. The molecule has 0 aromatic rings. The van der Waals surface area contributed by atoms with Crippen LogP contribution in [0.15, 0.2) is 0 Å². The SMILES string of the molecule is COC(=O)CCC(F)(F)C(F)(F)Br. The Balaban J connectivity index is 4.12. The van der Waals surface area contributed by atoms with Crippen molar-refractivity contribution in [2.75, 3.05) is 7.11 Å². The molecule has 0 saturated carbocycles. The van der Waals surface area contributed by atoms with E-state index in [1.54, 1.807) is 0 Å². The summed E-state index contributed by atoms with van der Waals surface area (Å²) in [5.74, 6) is -5.20. The van der Waals surface area contributed by atoms with Crippen LogP contribution in [0.25, 0.3) is 0 Å². The number of halogens is 5. The first-order valence-electron chi connectivity index (χ1n) is 3.22. The number of carbonyl (C=O) groups is 1. The molecule has 0 aliphatic rings. The van der Waals surface area contributed by atoms with Gasteiger partial charge in [0.1, 0.15) is 0 Å². The minimum absolute atomic E-state index is 0.745. The number of alkyl halides is 5. The van der Waals surface area contributed by atoms with Crippen molar-refractivity contribution in [2.45, 2.75) is 23.6 Å². The van der Waals surface area contributed by atoms with Crippen LogP contribution in [0.5, 0.6) is 0 Å². The normalized spacial score (nSPS) is 12.8. The number of carbonyl (C=O) groups excluding carboxylic acids is 1. The van der Waals surface area contributed by atoms with Gasteiger partial charge in [0, 0.05) is 6.42 Å². The molecule has 0 aromatic heterocycles. The van der Waals surface area contributed by atoms with E-state index in [1.165, 1.54) is 15.9 Å². The second kappa shape index (κ2) is 4.26. The number of hydrogen-bond donors (Lipinski definition) is 0. The molecule has 0 spiro atoms. The van der Waals surface area contributed by atoms with E-state index < -0.39 is 29.6 Å². The Morgan fingerprint density at radius 2 is 1.85 bits per heavy atom. The summed E-state index contributed by atoms with van der Waals surface area (Å²) < 4.78 is 53.0. The summed E-state index contributed by atoms with van der Waals surface area (Å²) >= 11 is 1.54. The first kappa shape index (κ1) is 12.7. The first-order valence-corrected chi connectivity index (χ1v) is 4.01. The van der Waals surface area contributed by atoms with Crippen molar-refractivity contribution < 1.29 is 27.1 Å². The topological polar surface area (TPSA) is 26.3 Å². The third-order valence-corrected chi connectivity index (χ3v) is 1.87. The molecule has 2 nitrogen and oxygen atoms in total. The minimum atomic E-state index is -4.30. The molecule has 0 unspecified atom stereocenters. The maximum Gasteiger partial charge on any atom is 0.363 e. The number of rotatable bonds is 4. The minimum Gasteiger partial charge on any atom is -0.469 e. The van der Waals surface area contributed by atoms with Crippen molar-refractivity contribution in [3.05, 3.63) is 0 Å². The Morgan fingerprint density at radius 1 is 1.38 bits per heavy atom. The van der Waals surface area contributed by atoms with Gasteiger partial charge in [-0.25, -0.2) is 0 Å². The lowest BCUT2D eigenvalue weighted by atomic mass is 10.2. The van der Waals surface area contributed by atoms with Crippen molar-refractivity contribution in [3.63, 3.8) is 0 Å². The predicted molar refractivity (Wildman–Crippen MR) is 40.1 cm³/mol. The van der Waals surface area contributed by atoms with Gasteiger partial charge in [-0.15, -0.1) is 0 Å². The lowest BCUT2D eigenvalue weighted by molar-refractivity contribution is -0.161. The van der Waals surface area contributed by atoms with Crippen LogP contribution in [-0.4, -0.2) is 23.8 Å². The van der Waals surface area contributed by atoms with Crippen molar-refractivity contribution in [2.24, 2.45) is 0 Å². The molecule has 78 valence electrons. The van der Waals surface area contributed by atoms with Crippen LogP contribution >= 0.6 is 15.9 Å². The van der Waals surface area contributed by atoms with E-state index in [1.807, 2.05) is 0 Å². The molecule has 0 N–H and O–H groups in total. The highest BCUT2D eigenvalue weighted by Gasteiger charge is 2.53. The summed E-state index contributed by atoms with van der Waals surface area (Å²) in [6, 6.07) is 0. The molecule has 0 amide bonds. The molecule has 0 heterocycles. The average Bonchev–Trinajstić information content (AvgIpc) is 1.98. The molecule has 13 heavy (non-hydrogen) atoms. The summed E-state index contributed by atoms with van der Waals surface area (Å²) in [5.41, 5.74) is 0. The van der Waals surface area contributed by atoms with Crippen LogP contribution < -0.4 is 0 Å². The first-order chi connectivity index (χ1) is 5.70. The van der Waals surface area contributed by atoms with Crippen molar-refractivity contribution in [1.29, 1.82) is 0 Å². The summed E-state index contributed by atoms with van der Waals surface area (Å²) in [6.07, 6.45) is -2.00. The lowest BCUT2D eigenvalue weighted by Gasteiger charge is -2.20. The van der Waals surface area contributed by atoms with Crippen molar-refractivity contribution in [3.8, 4) is 0 Å². The van der Waals surface area contributed by atoms with Crippen LogP contribution in [0.2, 0.25) is 0 Å². The van der Waals surface area contributed by atoms with Gasteiger partial charge >= 0.3 is 16.7 Å². The van der Waals surface area contributed by atoms with Gasteiger partial charge in [0.05, 0.1) is 13.5 Å². The van der Waals surface area contributed by atoms with Gasteiger partial charge in [-0.05, 0) is 15.9 Å². The van der Waals surface area contributed by atoms with Gasteiger partial charge in [0.2, 0.25) is 0 Å². The fraction of sp³-hybridized carbons (Fsp3) is 0.833. The zero-order valence-electron chi connectivity index (χ0n) is 6.62. The predicted octanol–water partition coefficient (Wildman–Crippen LogP) is 2.56. The maximum absolute atomic E-state index is 12.4. The Morgan fingerprint density at radius 3 is 2.15 bits per heavy atom. The van der Waals surface area contributed by atoms with E-state index in [0.717, 1.165) is 7.11 Å². The van der Waals surface area contributed by atoms with E-state index in [0.29, 0.717) is 0 Å². The molecule has 0 fully saturated rings. The number of esters is 1. The zero-order valence-corrected chi connectivity index (χ0v) is 8.21. The van der Waals surface area contributed by atoms with Gasteiger partial charge in [-0.2, -0.15) is 17.6 Å². The van der Waals surface area contributed by atoms with Gasteiger partial charge in [-0.1, -0.05) is 0 Å². The van der Waals surface area contributed by atoms with E-state index in [9.17, 15) is 22.4 Å². The number of ether oxygens (including phenoxy) is 1. The molecule has 0 saturated heterocycles. The Labute approximate surface area is 80.4 Å². The Bertz CT molecular complexity index is 190. The van der Waals surface area contributed by atoms with Gasteiger partial charge in [0.25, 0.3) is 0 Å². The highest BCUT2D eigenvalue weighted by Crippen LogP contribution is 2.42. The molecule has 0 atom stereocenters. The molecule has 0 rings (SSSR count). The average molecular weight is 267 g/mol. The largest absolute Gasteiger partial charge is 0.469 e. The summed E-state index contributed by atoms with van der Waals surface area (Å²) in [6.45, 7) is 0. The molecule has 7 heteroatoms. The standard InChI is InChI=1S/C6H7BrF4O2/c1-13-4(12)2-3-5(8,9)6(7,10)11/h2-3H2,1H3. The summed E-state index contributed by atoms with van der Waals surface area (Å²) in [5, 5.41) is 0. The number of hydrogen-bond acceptors (Lipinski definition) is 2. The fourth-order valence-electron chi connectivity index (χ4n) is 0.503. The van der Waals surface area contributed by atoms with Crippen LogP contribution in [-0.2, 0) is 9.53 Å². The quantitative estimate of drug-likeness (QED) is 0.444. The van der Waals surface area contributed by atoms with Crippen molar-refractivity contribution in [1.82, 2.24) is 0 Å². The monoisotopic (exact) mass is 266 g/mol. The third kappa shape index (κ3) is 3.93.